The molecule has 0 unspecified atom stereocenters. The van der Waals surface area contributed by atoms with Crippen molar-refractivity contribution in [2.75, 3.05) is 11.8 Å². The van der Waals surface area contributed by atoms with Crippen molar-refractivity contribution in [3.05, 3.63) is 53.0 Å². The van der Waals surface area contributed by atoms with Gasteiger partial charge in [-0.15, -0.1) is 0 Å². The maximum atomic E-state index is 12.2. The SMILES string of the molecule is COc1ccccc1NS(=O)(=O)c1cccc(Br)c1. The molecule has 6 heteroatoms. The normalized spacial score (nSPS) is 11.1. The van der Waals surface area contributed by atoms with Gasteiger partial charge in [0.15, 0.2) is 0 Å². The van der Waals surface area contributed by atoms with Gasteiger partial charge >= 0.3 is 0 Å². The van der Waals surface area contributed by atoms with Crippen LogP contribution in [0.2, 0.25) is 0 Å². The third-order valence-electron chi connectivity index (χ3n) is 2.46. The number of rotatable bonds is 4. The van der Waals surface area contributed by atoms with Crippen LogP contribution in [0.5, 0.6) is 5.75 Å². The Morgan fingerprint density at radius 1 is 1.11 bits per heavy atom. The van der Waals surface area contributed by atoms with Gasteiger partial charge < -0.3 is 4.74 Å². The van der Waals surface area contributed by atoms with E-state index in [0.29, 0.717) is 15.9 Å². The maximum absolute atomic E-state index is 12.2. The zero-order chi connectivity index (χ0) is 13.9. The van der Waals surface area contributed by atoms with Crippen LogP contribution in [0.25, 0.3) is 0 Å². The third kappa shape index (κ3) is 3.27. The lowest BCUT2D eigenvalue weighted by molar-refractivity contribution is 0.417. The van der Waals surface area contributed by atoms with Gasteiger partial charge in [0.25, 0.3) is 10.0 Å². The van der Waals surface area contributed by atoms with Gasteiger partial charge in [0.05, 0.1) is 17.7 Å². The lowest BCUT2D eigenvalue weighted by Crippen LogP contribution is -2.13. The van der Waals surface area contributed by atoms with Crippen molar-refractivity contribution in [2.24, 2.45) is 0 Å². The lowest BCUT2D eigenvalue weighted by atomic mass is 10.3. The molecule has 0 aliphatic heterocycles. The molecule has 0 saturated carbocycles. The molecule has 19 heavy (non-hydrogen) atoms. The Labute approximate surface area is 120 Å². The predicted molar refractivity (Wildman–Crippen MR) is 77.9 cm³/mol. The predicted octanol–water partition coefficient (Wildman–Crippen LogP) is 3.26. The summed E-state index contributed by atoms with van der Waals surface area (Å²) in [6.45, 7) is 0. The smallest absolute Gasteiger partial charge is 0.262 e. The second kappa shape index (κ2) is 5.63. The summed E-state index contributed by atoms with van der Waals surface area (Å²) >= 11 is 3.25. The van der Waals surface area contributed by atoms with Crippen LogP contribution in [0.15, 0.2) is 57.9 Å². The fourth-order valence-corrected chi connectivity index (χ4v) is 3.23. The molecule has 0 aliphatic carbocycles. The first-order valence-corrected chi connectivity index (χ1v) is 7.72. The van der Waals surface area contributed by atoms with Gasteiger partial charge in [0, 0.05) is 4.47 Å². The van der Waals surface area contributed by atoms with E-state index < -0.39 is 10.0 Å². The molecule has 0 bridgehead atoms. The van der Waals surface area contributed by atoms with Gasteiger partial charge in [0.2, 0.25) is 0 Å². The Morgan fingerprint density at radius 3 is 2.53 bits per heavy atom. The van der Waals surface area contributed by atoms with E-state index in [2.05, 4.69) is 20.7 Å². The molecule has 2 aromatic rings. The molecular weight excluding hydrogens is 330 g/mol. The number of ether oxygens (including phenoxy) is 1. The topological polar surface area (TPSA) is 55.4 Å². The number of hydrogen-bond donors (Lipinski definition) is 1. The van der Waals surface area contributed by atoms with Gasteiger partial charge in [-0.2, -0.15) is 0 Å². The highest BCUT2D eigenvalue weighted by Crippen LogP contribution is 2.26. The molecule has 0 spiro atoms. The van der Waals surface area contributed by atoms with Crippen molar-refractivity contribution in [1.29, 1.82) is 0 Å². The molecule has 0 aromatic heterocycles. The minimum Gasteiger partial charge on any atom is -0.495 e. The van der Waals surface area contributed by atoms with Crippen LogP contribution in [-0.2, 0) is 10.0 Å². The van der Waals surface area contributed by atoms with Crippen molar-refractivity contribution >= 4 is 31.6 Å². The molecule has 2 aromatic carbocycles. The Bertz CT molecular complexity index is 686. The number of anilines is 1. The van der Waals surface area contributed by atoms with Crippen molar-refractivity contribution < 1.29 is 13.2 Å². The Hall–Kier alpha value is -1.53. The number of halogens is 1. The summed E-state index contributed by atoms with van der Waals surface area (Å²) in [4.78, 5) is 0.188. The average molecular weight is 342 g/mol. The van der Waals surface area contributed by atoms with Crippen LogP contribution in [0.4, 0.5) is 5.69 Å². The quantitative estimate of drug-likeness (QED) is 0.928. The molecule has 100 valence electrons. The summed E-state index contributed by atoms with van der Waals surface area (Å²) < 4.78 is 32.8. The van der Waals surface area contributed by atoms with Crippen LogP contribution in [-0.4, -0.2) is 15.5 Å². The third-order valence-corrected chi connectivity index (χ3v) is 4.31. The minimum atomic E-state index is -3.63. The average Bonchev–Trinajstić information content (AvgIpc) is 2.39. The van der Waals surface area contributed by atoms with Crippen molar-refractivity contribution in [2.45, 2.75) is 4.90 Å². The van der Waals surface area contributed by atoms with E-state index >= 15 is 0 Å². The Kier molecular flexibility index (Phi) is 4.11. The zero-order valence-corrected chi connectivity index (χ0v) is 12.5. The van der Waals surface area contributed by atoms with E-state index in [1.807, 2.05) is 0 Å². The van der Waals surface area contributed by atoms with E-state index in [0.717, 1.165) is 0 Å². The number of hydrogen-bond acceptors (Lipinski definition) is 3. The van der Waals surface area contributed by atoms with Crippen LogP contribution >= 0.6 is 15.9 Å². The summed E-state index contributed by atoms with van der Waals surface area (Å²) in [6, 6.07) is 13.4. The van der Waals surface area contributed by atoms with Gasteiger partial charge in [-0.3, -0.25) is 4.72 Å². The summed E-state index contributed by atoms with van der Waals surface area (Å²) in [6.07, 6.45) is 0. The zero-order valence-electron chi connectivity index (χ0n) is 10.1. The molecule has 0 fully saturated rings. The van der Waals surface area contributed by atoms with E-state index in [4.69, 9.17) is 4.74 Å². The van der Waals surface area contributed by atoms with Crippen molar-refractivity contribution in [1.82, 2.24) is 0 Å². The van der Waals surface area contributed by atoms with Crippen LogP contribution in [0.3, 0.4) is 0 Å². The first-order valence-electron chi connectivity index (χ1n) is 5.44. The maximum Gasteiger partial charge on any atom is 0.262 e. The fourth-order valence-electron chi connectivity index (χ4n) is 1.57. The van der Waals surface area contributed by atoms with Gasteiger partial charge in [-0.1, -0.05) is 34.1 Å². The molecule has 0 atom stereocenters. The molecule has 1 N–H and O–H groups in total. The second-order valence-corrected chi connectivity index (χ2v) is 6.36. The molecule has 4 nitrogen and oxygen atoms in total. The van der Waals surface area contributed by atoms with Gasteiger partial charge in [-0.05, 0) is 30.3 Å². The molecule has 0 amide bonds. The van der Waals surface area contributed by atoms with Crippen LogP contribution in [0, 0.1) is 0 Å². The molecule has 2 rings (SSSR count). The monoisotopic (exact) mass is 341 g/mol. The Morgan fingerprint density at radius 2 is 1.84 bits per heavy atom. The summed E-state index contributed by atoms with van der Waals surface area (Å²) in [5.41, 5.74) is 0.407. The highest BCUT2D eigenvalue weighted by molar-refractivity contribution is 9.10. The number of methoxy groups -OCH3 is 1. The largest absolute Gasteiger partial charge is 0.495 e. The second-order valence-electron chi connectivity index (χ2n) is 3.76. The molecule has 0 radical (unpaired) electrons. The summed E-state index contributed by atoms with van der Waals surface area (Å²) in [7, 11) is -2.14. The van der Waals surface area contributed by atoms with E-state index in [1.165, 1.54) is 19.2 Å². The number of sulfonamides is 1. The van der Waals surface area contributed by atoms with Crippen molar-refractivity contribution in [3.63, 3.8) is 0 Å². The van der Waals surface area contributed by atoms with Crippen LogP contribution < -0.4 is 9.46 Å². The van der Waals surface area contributed by atoms with E-state index in [1.54, 1.807) is 36.4 Å². The van der Waals surface area contributed by atoms with E-state index in [9.17, 15) is 8.42 Å². The standard InChI is InChI=1S/C13H12BrNO3S/c1-18-13-8-3-2-7-12(13)15-19(16,17)11-6-4-5-10(14)9-11/h2-9,15H,1H3. The number of para-hydroxylation sites is 2. The van der Waals surface area contributed by atoms with E-state index in [-0.39, 0.29) is 4.90 Å². The first kappa shape index (κ1) is 13.9. The van der Waals surface area contributed by atoms with Crippen LogP contribution in [0.1, 0.15) is 0 Å². The minimum absolute atomic E-state index is 0.188. The van der Waals surface area contributed by atoms with Gasteiger partial charge in [0.1, 0.15) is 5.75 Å². The molecule has 0 saturated heterocycles. The molecule has 0 aliphatic rings. The highest BCUT2D eigenvalue weighted by atomic mass is 79.9. The number of nitrogens with one attached hydrogen (secondary N) is 1. The Balaban J connectivity index is 2.37. The fraction of sp³-hybridized carbons (Fsp3) is 0.0769. The van der Waals surface area contributed by atoms with Gasteiger partial charge in [-0.25, -0.2) is 8.42 Å². The van der Waals surface area contributed by atoms with Crippen molar-refractivity contribution in [3.8, 4) is 5.75 Å². The molecule has 0 heterocycles. The highest BCUT2D eigenvalue weighted by Gasteiger charge is 2.16. The number of benzene rings is 2. The summed E-state index contributed by atoms with van der Waals surface area (Å²) in [5.74, 6) is 0.473. The lowest BCUT2D eigenvalue weighted by Gasteiger charge is -2.11. The molecular formula is C13H12BrNO3S. The summed E-state index contributed by atoms with van der Waals surface area (Å²) in [5, 5.41) is 0. The first-order chi connectivity index (χ1) is 9.03.